The summed E-state index contributed by atoms with van der Waals surface area (Å²) in [6.45, 7) is 0.356. The van der Waals surface area contributed by atoms with E-state index in [1.54, 1.807) is 17.0 Å². The van der Waals surface area contributed by atoms with E-state index in [1.807, 2.05) is 66.7 Å². The van der Waals surface area contributed by atoms with E-state index in [-0.39, 0.29) is 24.3 Å². The number of hydrogen-bond acceptors (Lipinski definition) is 2. The number of carbonyl (C=O) groups is 2. The molecule has 0 spiro atoms. The van der Waals surface area contributed by atoms with Gasteiger partial charge >= 0.3 is 0 Å². The second-order valence-corrected chi connectivity index (χ2v) is 10.9. The molecule has 3 aromatic carbocycles. The molecule has 188 valence electrons. The van der Waals surface area contributed by atoms with Crippen molar-refractivity contribution in [1.29, 1.82) is 0 Å². The number of carbonyl (C=O) groups excluding carboxylic acids is 2. The lowest BCUT2D eigenvalue weighted by Crippen LogP contribution is -2.53. The average Bonchev–Trinajstić information content (AvgIpc) is 2.89. The minimum Gasteiger partial charge on any atom is -0.352 e. The molecule has 0 saturated heterocycles. The predicted molar refractivity (Wildman–Crippen MR) is 149 cm³/mol. The third kappa shape index (κ3) is 7.68. The SMILES string of the molecule is O=C(NC1CCCCC1)[C@H](Cc1ccccc1)N(Cc1ccc(Br)cc1)C(=O)Cc1ccc(Cl)cc1. The normalized spacial score (nSPS) is 14.7. The molecule has 1 N–H and O–H groups in total. The Morgan fingerprint density at radius 3 is 2.17 bits per heavy atom. The zero-order valence-corrected chi connectivity index (χ0v) is 22.7. The van der Waals surface area contributed by atoms with Crippen LogP contribution in [0.3, 0.4) is 0 Å². The molecule has 1 fully saturated rings. The number of amides is 2. The Labute approximate surface area is 227 Å². The summed E-state index contributed by atoms with van der Waals surface area (Å²) in [7, 11) is 0. The number of hydrogen-bond donors (Lipinski definition) is 1. The highest BCUT2D eigenvalue weighted by molar-refractivity contribution is 9.10. The molecule has 0 bridgehead atoms. The molecule has 0 radical (unpaired) electrons. The topological polar surface area (TPSA) is 49.4 Å². The van der Waals surface area contributed by atoms with Gasteiger partial charge in [-0.15, -0.1) is 0 Å². The number of nitrogens with zero attached hydrogens (tertiary/aromatic N) is 1. The monoisotopic (exact) mass is 566 g/mol. The van der Waals surface area contributed by atoms with Gasteiger partial charge in [0.2, 0.25) is 11.8 Å². The van der Waals surface area contributed by atoms with Crippen LogP contribution in [0.4, 0.5) is 0 Å². The van der Waals surface area contributed by atoms with Crippen molar-refractivity contribution in [2.45, 2.75) is 63.6 Å². The second kappa shape index (κ2) is 13.1. The van der Waals surface area contributed by atoms with Gasteiger partial charge in [-0.2, -0.15) is 0 Å². The summed E-state index contributed by atoms with van der Waals surface area (Å²) in [6.07, 6.45) is 6.14. The van der Waals surface area contributed by atoms with E-state index in [1.165, 1.54) is 6.42 Å². The lowest BCUT2D eigenvalue weighted by atomic mass is 9.94. The molecule has 0 aliphatic heterocycles. The van der Waals surface area contributed by atoms with Crippen molar-refractivity contribution in [2.24, 2.45) is 0 Å². The molecule has 0 unspecified atom stereocenters. The summed E-state index contributed by atoms with van der Waals surface area (Å²) < 4.78 is 0.973. The summed E-state index contributed by atoms with van der Waals surface area (Å²) in [6, 6.07) is 24.7. The maximum Gasteiger partial charge on any atom is 0.243 e. The van der Waals surface area contributed by atoms with E-state index in [4.69, 9.17) is 11.6 Å². The first kappa shape index (κ1) is 26.4. The van der Waals surface area contributed by atoms with E-state index in [0.29, 0.717) is 18.0 Å². The molecule has 6 heteroatoms. The van der Waals surface area contributed by atoms with Crippen molar-refractivity contribution in [3.63, 3.8) is 0 Å². The van der Waals surface area contributed by atoms with Gasteiger partial charge in [-0.25, -0.2) is 0 Å². The summed E-state index contributed by atoms with van der Waals surface area (Å²) in [5.41, 5.74) is 2.88. The minimum atomic E-state index is -0.613. The third-order valence-electron chi connectivity index (χ3n) is 6.76. The molecule has 3 aromatic rings. The Kier molecular flexibility index (Phi) is 9.60. The fourth-order valence-corrected chi connectivity index (χ4v) is 5.15. The van der Waals surface area contributed by atoms with E-state index in [9.17, 15) is 9.59 Å². The van der Waals surface area contributed by atoms with Crippen LogP contribution in [0.5, 0.6) is 0 Å². The smallest absolute Gasteiger partial charge is 0.243 e. The first-order chi connectivity index (χ1) is 17.5. The predicted octanol–water partition coefficient (Wildman–Crippen LogP) is 6.73. The molecular weight excluding hydrogens is 536 g/mol. The summed E-state index contributed by atoms with van der Waals surface area (Å²) in [4.78, 5) is 29.3. The highest BCUT2D eigenvalue weighted by atomic mass is 79.9. The first-order valence-corrected chi connectivity index (χ1v) is 13.8. The summed E-state index contributed by atoms with van der Waals surface area (Å²) in [5, 5.41) is 3.91. The maximum atomic E-state index is 13.8. The van der Waals surface area contributed by atoms with E-state index in [0.717, 1.165) is 46.8 Å². The molecule has 4 nitrogen and oxygen atoms in total. The van der Waals surface area contributed by atoms with Crippen LogP contribution in [0.25, 0.3) is 0 Å². The lowest BCUT2D eigenvalue weighted by Gasteiger charge is -2.33. The summed E-state index contributed by atoms with van der Waals surface area (Å²) in [5.74, 6) is -0.160. The van der Waals surface area contributed by atoms with Crippen molar-refractivity contribution in [1.82, 2.24) is 10.2 Å². The van der Waals surface area contributed by atoms with Crippen LogP contribution in [-0.4, -0.2) is 28.8 Å². The number of rotatable bonds is 9. The van der Waals surface area contributed by atoms with Crippen LogP contribution in [0.2, 0.25) is 5.02 Å². The summed E-state index contributed by atoms with van der Waals surface area (Å²) >= 11 is 9.54. The molecule has 1 aliphatic carbocycles. The minimum absolute atomic E-state index is 0.0766. The Bertz CT molecular complexity index is 1130. The van der Waals surface area contributed by atoms with Crippen LogP contribution >= 0.6 is 27.5 Å². The van der Waals surface area contributed by atoms with Crippen LogP contribution < -0.4 is 5.32 Å². The largest absolute Gasteiger partial charge is 0.352 e. The quantitative estimate of drug-likeness (QED) is 0.312. The molecule has 4 rings (SSSR count). The van der Waals surface area contributed by atoms with E-state index < -0.39 is 6.04 Å². The van der Waals surface area contributed by atoms with Crippen LogP contribution in [0.1, 0.15) is 48.8 Å². The molecule has 0 aromatic heterocycles. The van der Waals surface area contributed by atoms with E-state index in [2.05, 4.69) is 21.2 Å². The Balaban J connectivity index is 1.64. The van der Waals surface area contributed by atoms with Crippen LogP contribution in [0.15, 0.2) is 83.3 Å². The van der Waals surface area contributed by atoms with Gasteiger partial charge in [-0.1, -0.05) is 101 Å². The lowest BCUT2D eigenvalue weighted by molar-refractivity contribution is -0.141. The molecule has 36 heavy (non-hydrogen) atoms. The van der Waals surface area contributed by atoms with Gasteiger partial charge in [0, 0.05) is 28.5 Å². The molecular formula is C30H32BrClN2O2. The van der Waals surface area contributed by atoms with Gasteiger partial charge < -0.3 is 10.2 Å². The second-order valence-electron chi connectivity index (χ2n) is 9.50. The van der Waals surface area contributed by atoms with Gasteiger partial charge in [0.1, 0.15) is 6.04 Å². The van der Waals surface area contributed by atoms with Gasteiger partial charge in [0.05, 0.1) is 6.42 Å². The Morgan fingerprint density at radius 1 is 0.861 bits per heavy atom. The Morgan fingerprint density at radius 2 is 1.50 bits per heavy atom. The fourth-order valence-electron chi connectivity index (χ4n) is 4.76. The highest BCUT2D eigenvalue weighted by Gasteiger charge is 2.32. The molecule has 1 saturated carbocycles. The van der Waals surface area contributed by atoms with E-state index >= 15 is 0 Å². The van der Waals surface area contributed by atoms with Gasteiger partial charge in [0.15, 0.2) is 0 Å². The van der Waals surface area contributed by atoms with Crippen LogP contribution in [-0.2, 0) is 29.0 Å². The number of benzene rings is 3. The Hall–Kier alpha value is -2.63. The van der Waals surface area contributed by atoms with Crippen molar-refractivity contribution in [3.8, 4) is 0 Å². The fraction of sp³-hybridized carbons (Fsp3) is 0.333. The number of nitrogens with one attached hydrogen (secondary N) is 1. The molecule has 1 aliphatic rings. The number of halogens is 2. The first-order valence-electron chi connectivity index (χ1n) is 12.6. The highest BCUT2D eigenvalue weighted by Crippen LogP contribution is 2.21. The zero-order chi connectivity index (χ0) is 25.3. The van der Waals surface area contributed by atoms with Gasteiger partial charge in [-0.05, 0) is 53.8 Å². The van der Waals surface area contributed by atoms with Crippen molar-refractivity contribution in [3.05, 3.63) is 105 Å². The average molecular weight is 568 g/mol. The van der Waals surface area contributed by atoms with Crippen LogP contribution in [0, 0.1) is 0 Å². The molecule has 2 amide bonds. The van der Waals surface area contributed by atoms with Gasteiger partial charge in [0.25, 0.3) is 0 Å². The maximum absolute atomic E-state index is 13.8. The third-order valence-corrected chi connectivity index (χ3v) is 7.54. The van der Waals surface area contributed by atoms with Crippen molar-refractivity contribution in [2.75, 3.05) is 0 Å². The van der Waals surface area contributed by atoms with Crippen molar-refractivity contribution < 1.29 is 9.59 Å². The van der Waals surface area contributed by atoms with Crippen molar-refractivity contribution >= 4 is 39.3 Å². The van der Waals surface area contributed by atoms with Gasteiger partial charge in [-0.3, -0.25) is 9.59 Å². The zero-order valence-electron chi connectivity index (χ0n) is 20.3. The standard InChI is InChI=1S/C30H32BrClN2O2/c31-25-15-11-24(12-16-25)21-34(29(35)20-23-13-17-26(32)18-14-23)28(19-22-7-3-1-4-8-22)30(36)33-27-9-5-2-6-10-27/h1,3-4,7-8,11-18,27-28H,2,5-6,9-10,19-21H2,(H,33,36)/t28-/m0/s1. The molecule has 0 heterocycles. The molecule has 1 atom stereocenters.